The summed E-state index contributed by atoms with van der Waals surface area (Å²) in [5.41, 5.74) is 0. The molecule has 0 saturated carbocycles. The van der Waals surface area contributed by atoms with Gasteiger partial charge in [-0.3, -0.25) is 0 Å². The summed E-state index contributed by atoms with van der Waals surface area (Å²) in [5, 5.41) is 0. The van der Waals surface area contributed by atoms with Crippen LogP contribution in [-0.4, -0.2) is 13.1 Å². The lowest BCUT2D eigenvalue weighted by Gasteiger charge is -1.84. The van der Waals surface area contributed by atoms with Crippen molar-refractivity contribution in [3.8, 4) is 0 Å². The molecule has 0 aliphatic rings. The summed E-state index contributed by atoms with van der Waals surface area (Å²) < 4.78 is 4.26. The summed E-state index contributed by atoms with van der Waals surface area (Å²) in [6.45, 7) is 1.76. The normalized spacial score (nSPS) is 8.25. The molecule has 2 nitrogen and oxygen atoms in total. The van der Waals surface area contributed by atoms with Gasteiger partial charge in [0, 0.05) is 6.08 Å². The van der Waals surface area contributed by atoms with E-state index in [2.05, 4.69) is 4.74 Å². The van der Waals surface area contributed by atoms with Gasteiger partial charge in [0.2, 0.25) is 0 Å². The van der Waals surface area contributed by atoms with E-state index in [1.807, 2.05) is 0 Å². The molecule has 8 heavy (non-hydrogen) atoms. The second-order valence-corrected chi connectivity index (χ2v) is 1.02. The van der Waals surface area contributed by atoms with E-state index in [9.17, 15) is 4.79 Å². The highest BCUT2D eigenvalue weighted by atomic mass is 35.5. The molecule has 0 rings (SSSR count). The molecular weight excluding hydrogens is 128 g/mol. The van der Waals surface area contributed by atoms with Gasteiger partial charge in [0.25, 0.3) is 0 Å². The first-order valence-corrected chi connectivity index (χ1v) is 2.02. The smallest absolute Gasteiger partial charge is 0.330 e. The zero-order valence-corrected chi connectivity index (χ0v) is 5.70. The van der Waals surface area contributed by atoms with E-state index < -0.39 is 0 Å². The Hall–Kier alpha value is -0.500. The van der Waals surface area contributed by atoms with Gasteiger partial charge >= 0.3 is 5.97 Å². The topological polar surface area (TPSA) is 26.3 Å². The largest absolute Gasteiger partial charge is 0.466 e. The third-order valence-corrected chi connectivity index (χ3v) is 0.504. The molecule has 0 aliphatic heterocycles. The van der Waals surface area contributed by atoms with Crippen LogP contribution >= 0.6 is 12.4 Å². The molecule has 0 amide bonds. The number of halogens is 1. The van der Waals surface area contributed by atoms with Crippen LogP contribution in [0, 0.1) is 0 Å². The van der Waals surface area contributed by atoms with Crippen LogP contribution in [0.4, 0.5) is 0 Å². The van der Waals surface area contributed by atoms with Crippen LogP contribution in [0.2, 0.25) is 0 Å². The summed E-state index contributed by atoms with van der Waals surface area (Å²) in [5.74, 6) is -0.303. The molecule has 3 heteroatoms. The molecule has 0 fully saturated rings. The van der Waals surface area contributed by atoms with E-state index in [1.54, 1.807) is 13.0 Å². The van der Waals surface area contributed by atoms with Crippen molar-refractivity contribution in [2.45, 2.75) is 6.92 Å². The Bertz CT molecular complexity index is 88.4. The van der Waals surface area contributed by atoms with Crippen LogP contribution in [0.5, 0.6) is 0 Å². The van der Waals surface area contributed by atoms with E-state index in [-0.39, 0.29) is 18.4 Å². The molecule has 0 aromatic carbocycles. The van der Waals surface area contributed by atoms with Gasteiger partial charge in [-0.1, -0.05) is 6.08 Å². The van der Waals surface area contributed by atoms with Crippen molar-refractivity contribution in [3.63, 3.8) is 0 Å². The van der Waals surface area contributed by atoms with Crippen molar-refractivity contribution < 1.29 is 9.53 Å². The third kappa shape index (κ3) is 5.50. The van der Waals surface area contributed by atoms with E-state index in [1.165, 1.54) is 13.2 Å². The molecule has 48 valence electrons. The fourth-order valence-corrected chi connectivity index (χ4v) is 0.204. The highest BCUT2D eigenvalue weighted by molar-refractivity contribution is 5.85. The lowest BCUT2D eigenvalue weighted by atomic mass is 10.5. The minimum absolute atomic E-state index is 0. The Morgan fingerprint density at radius 3 is 2.25 bits per heavy atom. The summed E-state index contributed by atoms with van der Waals surface area (Å²) in [6, 6.07) is 0. The molecule has 0 heterocycles. The molecule has 0 saturated heterocycles. The molecule has 0 aromatic heterocycles. The number of hydrogen-bond acceptors (Lipinski definition) is 2. The Morgan fingerprint density at radius 2 is 2.12 bits per heavy atom. The maximum absolute atomic E-state index is 10.1. The van der Waals surface area contributed by atoms with Gasteiger partial charge in [0.1, 0.15) is 0 Å². The van der Waals surface area contributed by atoms with Crippen molar-refractivity contribution in [2.75, 3.05) is 7.11 Å². The van der Waals surface area contributed by atoms with Crippen LogP contribution in [-0.2, 0) is 9.53 Å². The van der Waals surface area contributed by atoms with Crippen LogP contribution in [0.3, 0.4) is 0 Å². The highest BCUT2D eigenvalue weighted by Gasteiger charge is 1.84. The van der Waals surface area contributed by atoms with Crippen LogP contribution in [0.15, 0.2) is 12.2 Å². The van der Waals surface area contributed by atoms with E-state index >= 15 is 0 Å². The van der Waals surface area contributed by atoms with E-state index in [0.717, 1.165) is 0 Å². The number of rotatable bonds is 1. The van der Waals surface area contributed by atoms with Gasteiger partial charge in [0.05, 0.1) is 7.11 Å². The molecular formula is C5H9ClO2. The third-order valence-electron chi connectivity index (χ3n) is 0.504. The molecule has 0 atom stereocenters. The molecule has 0 aliphatic carbocycles. The molecule has 0 radical (unpaired) electrons. The maximum atomic E-state index is 10.1. The standard InChI is InChI=1S/C5H8O2.ClH/c1-3-4-5(6)7-2;/h3-4H,1-2H3;1H. The van der Waals surface area contributed by atoms with Crippen molar-refractivity contribution >= 4 is 18.4 Å². The minimum Gasteiger partial charge on any atom is -0.466 e. The number of ether oxygens (including phenoxy) is 1. The average molecular weight is 137 g/mol. The summed E-state index contributed by atoms with van der Waals surface area (Å²) in [4.78, 5) is 10.1. The highest BCUT2D eigenvalue weighted by Crippen LogP contribution is 1.73. The Morgan fingerprint density at radius 1 is 1.62 bits per heavy atom. The summed E-state index contributed by atoms with van der Waals surface area (Å²) >= 11 is 0. The second-order valence-electron chi connectivity index (χ2n) is 1.02. The van der Waals surface area contributed by atoms with Gasteiger partial charge < -0.3 is 4.74 Å². The molecule has 0 N–H and O–H groups in total. The van der Waals surface area contributed by atoms with Crippen LogP contribution in [0.25, 0.3) is 0 Å². The quantitative estimate of drug-likeness (QED) is 0.400. The van der Waals surface area contributed by atoms with Crippen molar-refractivity contribution in [3.05, 3.63) is 12.2 Å². The summed E-state index contributed by atoms with van der Waals surface area (Å²) in [7, 11) is 1.35. The zero-order chi connectivity index (χ0) is 5.70. The average Bonchev–Trinajstić information content (AvgIpc) is 1.68. The van der Waals surface area contributed by atoms with Crippen LogP contribution in [0.1, 0.15) is 6.92 Å². The molecule has 0 unspecified atom stereocenters. The number of carbonyl (C=O) groups excluding carboxylic acids is 1. The predicted octanol–water partition coefficient (Wildman–Crippen LogP) is 1.16. The van der Waals surface area contributed by atoms with Gasteiger partial charge in [-0.2, -0.15) is 0 Å². The molecule has 0 aromatic rings. The molecule has 0 bridgehead atoms. The second kappa shape index (κ2) is 6.50. The Balaban J connectivity index is 0. The number of methoxy groups -OCH3 is 1. The first-order valence-electron chi connectivity index (χ1n) is 2.02. The van der Waals surface area contributed by atoms with Crippen molar-refractivity contribution in [2.24, 2.45) is 0 Å². The van der Waals surface area contributed by atoms with Crippen molar-refractivity contribution in [1.82, 2.24) is 0 Å². The number of carbonyl (C=O) groups is 1. The number of hydrogen-bond donors (Lipinski definition) is 0. The lowest BCUT2D eigenvalue weighted by molar-refractivity contribution is -0.134. The van der Waals surface area contributed by atoms with Crippen LogP contribution < -0.4 is 0 Å². The Labute approximate surface area is 54.9 Å². The lowest BCUT2D eigenvalue weighted by Crippen LogP contribution is -1.92. The number of allylic oxidation sites excluding steroid dienone is 1. The van der Waals surface area contributed by atoms with Gasteiger partial charge in [0.15, 0.2) is 0 Å². The minimum atomic E-state index is -0.303. The van der Waals surface area contributed by atoms with Crippen molar-refractivity contribution in [1.29, 1.82) is 0 Å². The zero-order valence-electron chi connectivity index (χ0n) is 4.88. The van der Waals surface area contributed by atoms with Gasteiger partial charge in [-0.25, -0.2) is 4.79 Å². The predicted molar refractivity (Wildman–Crippen MR) is 34.1 cm³/mol. The number of esters is 1. The molecule has 0 spiro atoms. The SMILES string of the molecule is CC=CC(=O)OC.Cl. The monoisotopic (exact) mass is 136 g/mol. The first-order chi connectivity index (χ1) is 3.31. The maximum Gasteiger partial charge on any atom is 0.330 e. The summed E-state index contributed by atoms with van der Waals surface area (Å²) in [6.07, 6.45) is 2.99. The fourth-order valence-electron chi connectivity index (χ4n) is 0.204. The van der Waals surface area contributed by atoms with E-state index in [4.69, 9.17) is 0 Å². The first kappa shape index (κ1) is 10.5. The van der Waals surface area contributed by atoms with Gasteiger partial charge in [-0.15, -0.1) is 12.4 Å². The fraction of sp³-hybridized carbons (Fsp3) is 0.400. The van der Waals surface area contributed by atoms with Gasteiger partial charge in [-0.05, 0) is 6.92 Å². The van der Waals surface area contributed by atoms with E-state index in [0.29, 0.717) is 0 Å². The Kier molecular flexibility index (Phi) is 8.51.